The molecular weight excluding hydrogens is 417 g/mol. The Morgan fingerprint density at radius 3 is 2.67 bits per heavy atom. The van der Waals surface area contributed by atoms with Crippen molar-refractivity contribution in [3.8, 4) is 11.4 Å². The highest BCUT2D eigenvalue weighted by atomic mass is 32.2. The molecule has 1 amide bonds. The smallest absolute Gasteiger partial charge is 0.325 e. The molecule has 7 nitrogen and oxygen atoms in total. The molecule has 1 N–H and O–H groups in total. The first kappa shape index (κ1) is 19.8. The molecule has 1 aromatic carbocycles. The van der Waals surface area contributed by atoms with Gasteiger partial charge in [0, 0.05) is 11.9 Å². The van der Waals surface area contributed by atoms with Crippen LogP contribution in [0.15, 0.2) is 66.0 Å². The van der Waals surface area contributed by atoms with Crippen LogP contribution in [0.5, 0.6) is 0 Å². The Balaban J connectivity index is 1.47. The molecule has 0 radical (unpaired) electrons. The zero-order valence-corrected chi connectivity index (χ0v) is 16.0. The van der Waals surface area contributed by atoms with Gasteiger partial charge in [-0.2, -0.15) is 22.8 Å². The van der Waals surface area contributed by atoms with Crippen molar-refractivity contribution in [3.63, 3.8) is 0 Å². The van der Waals surface area contributed by atoms with E-state index in [0.717, 1.165) is 23.9 Å². The molecule has 0 bridgehead atoms. The van der Waals surface area contributed by atoms with Gasteiger partial charge in [-0.1, -0.05) is 23.9 Å². The second-order valence-corrected chi connectivity index (χ2v) is 7.04. The molecule has 0 unspecified atom stereocenters. The molecule has 0 atom stereocenters. The van der Waals surface area contributed by atoms with Gasteiger partial charge in [0.25, 0.3) is 0 Å². The maximum atomic E-state index is 12.8. The predicted octanol–water partition coefficient (Wildman–Crippen LogP) is 3.94. The zero-order chi connectivity index (χ0) is 21.1. The normalized spacial score (nSPS) is 11.6. The molecular formula is C19H13F3N6OS. The van der Waals surface area contributed by atoms with Gasteiger partial charge in [-0.25, -0.2) is 0 Å². The number of hydrogen-bond donors (Lipinski definition) is 1. The van der Waals surface area contributed by atoms with Crippen LogP contribution in [0.1, 0.15) is 5.56 Å². The van der Waals surface area contributed by atoms with Gasteiger partial charge < -0.3 is 5.32 Å². The standard InChI is InChI=1S/C19H13F3N6OS/c20-19(21,22)12-4-3-5-13(10-12)24-17(29)11-30-18-26-25-16-8-7-15(27-28(16)18)14-6-1-2-9-23-14/h1-10H,11H2,(H,24,29). The Kier molecular flexibility index (Phi) is 5.36. The van der Waals surface area contributed by atoms with E-state index in [0.29, 0.717) is 22.2 Å². The van der Waals surface area contributed by atoms with Crippen LogP contribution in [0, 0.1) is 0 Å². The zero-order valence-electron chi connectivity index (χ0n) is 15.2. The number of aromatic nitrogens is 5. The lowest BCUT2D eigenvalue weighted by Gasteiger charge is -2.09. The van der Waals surface area contributed by atoms with Gasteiger partial charge in [0.15, 0.2) is 5.65 Å². The number of amides is 1. The van der Waals surface area contributed by atoms with Crippen molar-refractivity contribution in [1.29, 1.82) is 0 Å². The van der Waals surface area contributed by atoms with Gasteiger partial charge in [0.05, 0.1) is 17.0 Å². The fourth-order valence-corrected chi connectivity index (χ4v) is 3.30. The van der Waals surface area contributed by atoms with Gasteiger partial charge in [0.2, 0.25) is 11.1 Å². The Morgan fingerprint density at radius 2 is 1.90 bits per heavy atom. The highest BCUT2D eigenvalue weighted by Crippen LogP contribution is 2.30. The lowest BCUT2D eigenvalue weighted by atomic mass is 10.2. The van der Waals surface area contributed by atoms with Crippen LogP contribution in [-0.2, 0) is 11.0 Å². The number of benzene rings is 1. The average Bonchev–Trinajstić information content (AvgIpc) is 3.15. The van der Waals surface area contributed by atoms with Crippen molar-refractivity contribution < 1.29 is 18.0 Å². The number of thioether (sulfide) groups is 1. The highest BCUT2D eigenvalue weighted by Gasteiger charge is 2.30. The first-order valence-electron chi connectivity index (χ1n) is 8.64. The van der Waals surface area contributed by atoms with E-state index in [1.807, 2.05) is 12.1 Å². The summed E-state index contributed by atoms with van der Waals surface area (Å²) in [5.74, 6) is -0.552. The summed E-state index contributed by atoms with van der Waals surface area (Å²) in [6.07, 6.45) is -2.83. The molecule has 0 spiro atoms. The number of nitrogens with one attached hydrogen (secondary N) is 1. The number of pyridine rings is 1. The minimum atomic E-state index is -4.48. The Bertz CT molecular complexity index is 1200. The fraction of sp³-hybridized carbons (Fsp3) is 0.105. The number of anilines is 1. The number of carbonyl (C=O) groups excluding carboxylic acids is 1. The molecule has 30 heavy (non-hydrogen) atoms. The van der Waals surface area contributed by atoms with E-state index in [-0.39, 0.29) is 11.4 Å². The number of carbonyl (C=O) groups is 1. The van der Waals surface area contributed by atoms with E-state index in [1.165, 1.54) is 16.6 Å². The van der Waals surface area contributed by atoms with Crippen LogP contribution < -0.4 is 5.32 Å². The summed E-state index contributed by atoms with van der Waals surface area (Å²) >= 11 is 1.07. The third-order valence-corrected chi connectivity index (χ3v) is 4.89. The van der Waals surface area contributed by atoms with Gasteiger partial charge in [0.1, 0.15) is 5.69 Å². The minimum absolute atomic E-state index is 0.0667. The fourth-order valence-electron chi connectivity index (χ4n) is 2.61. The lowest BCUT2D eigenvalue weighted by Crippen LogP contribution is -2.15. The first-order chi connectivity index (χ1) is 14.4. The third kappa shape index (κ3) is 4.40. The van der Waals surface area contributed by atoms with Crippen LogP contribution in [0.2, 0.25) is 0 Å². The van der Waals surface area contributed by atoms with Crippen molar-refractivity contribution >= 4 is 29.0 Å². The Labute approximate surface area is 172 Å². The molecule has 11 heteroatoms. The van der Waals surface area contributed by atoms with Crippen molar-refractivity contribution in [2.75, 3.05) is 11.1 Å². The second kappa shape index (κ2) is 8.11. The molecule has 0 fully saturated rings. The minimum Gasteiger partial charge on any atom is -0.325 e. The Hall–Kier alpha value is -3.47. The average molecular weight is 430 g/mol. The van der Waals surface area contributed by atoms with E-state index in [2.05, 4.69) is 25.6 Å². The van der Waals surface area contributed by atoms with Crippen LogP contribution >= 0.6 is 11.8 Å². The lowest BCUT2D eigenvalue weighted by molar-refractivity contribution is -0.137. The number of hydrogen-bond acceptors (Lipinski definition) is 6. The number of halogens is 3. The van der Waals surface area contributed by atoms with E-state index in [1.54, 1.807) is 24.4 Å². The summed E-state index contributed by atoms with van der Waals surface area (Å²) < 4.78 is 39.9. The molecule has 4 aromatic rings. The topological polar surface area (TPSA) is 85.1 Å². The number of alkyl halides is 3. The first-order valence-corrected chi connectivity index (χ1v) is 9.62. The number of rotatable bonds is 5. The molecule has 3 aromatic heterocycles. The molecule has 0 saturated carbocycles. The molecule has 3 heterocycles. The van der Waals surface area contributed by atoms with E-state index >= 15 is 0 Å². The monoisotopic (exact) mass is 430 g/mol. The third-order valence-electron chi connectivity index (χ3n) is 3.97. The summed E-state index contributed by atoms with van der Waals surface area (Å²) in [4.78, 5) is 16.4. The second-order valence-electron chi connectivity index (χ2n) is 6.10. The Morgan fingerprint density at radius 1 is 1.03 bits per heavy atom. The highest BCUT2D eigenvalue weighted by molar-refractivity contribution is 7.99. The van der Waals surface area contributed by atoms with Crippen LogP contribution in [0.4, 0.5) is 18.9 Å². The maximum Gasteiger partial charge on any atom is 0.416 e. The van der Waals surface area contributed by atoms with Crippen molar-refractivity contribution in [1.82, 2.24) is 24.8 Å². The number of fused-ring (bicyclic) bond motifs is 1. The van der Waals surface area contributed by atoms with Gasteiger partial charge >= 0.3 is 6.18 Å². The summed E-state index contributed by atoms with van der Waals surface area (Å²) in [5, 5.41) is 15.3. The number of nitrogens with zero attached hydrogens (tertiary/aromatic N) is 5. The van der Waals surface area contributed by atoms with Crippen molar-refractivity contribution in [2.24, 2.45) is 0 Å². The molecule has 0 aliphatic rings. The molecule has 0 aliphatic heterocycles. The van der Waals surface area contributed by atoms with E-state index in [9.17, 15) is 18.0 Å². The summed E-state index contributed by atoms with van der Waals surface area (Å²) in [6.45, 7) is 0. The van der Waals surface area contributed by atoms with Gasteiger partial charge in [-0.3, -0.25) is 9.78 Å². The SMILES string of the molecule is O=C(CSc1nnc2ccc(-c3ccccn3)nn12)Nc1cccc(C(F)(F)F)c1. The quantitative estimate of drug-likeness (QED) is 0.483. The van der Waals surface area contributed by atoms with Crippen molar-refractivity contribution in [3.05, 3.63) is 66.4 Å². The van der Waals surface area contributed by atoms with E-state index < -0.39 is 17.6 Å². The summed E-state index contributed by atoms with van der Waals surface area (Å²) in [6, 6.07) is 13.4. The van der Waals surface area contributed by atoms with Crippen molar-refractivity contribution in [2.45, 2.75) is 11.3 Å². The predicted molar refractivity (Wildman–Crippen MR) is 105 cm³/mol. The van der Waals surface area contributed by atoms with E-state index in [4.69, 9.17) is 0 Å². The van der Waals surface area contributed by atoms with Crippen LogP contribution in [-0.4, -0.2) is 36.5 Å². The van der Waals surface area contributed by atoms with Gasteiger partial charge in [-0.15, -0.1) is 10.2 Å². The summed E-state index contributed by atoms with van der Waals surface area (Å²) in [7, 11) is 0. The van der Waals surface area contributed by atoms with Gasteiger partial charge in [-0.05, 0) is 42.5 Å². The maximum absolute atomic E-state index is 12.8. The van der Waals surface area contributed by atoms with Crippen LogP contribution in [0.3, 0.4) is 0 Å². The molecule has 4 rings (SSSR count). The largest absolute Gasteiger partial charge is 0.416 e. The molecule has 0 aliphatic carbocycles. The van der Waals surface area contributed by atoms with Crippen LogP contribution in [0.25, 0.3) is 17.0 Å². The summed E-state index contributed by atoms with van der Waals surface area (Å²) in [5.41, 5.74) is 1.01. The molecule has 0 saturated heterocycles. The molecule has 152 valence electrons.